The second-order valence-electron chi connectivity index (χ2n) is 4.69. The van der Waals surface area contributed by atoms with Crippen LogP contribution in [-0.4, -0.2) is 23.7 Å². The van der Waals surface area contributed by atoms with Crippen LogP contribution in [0.4, 0.5) is 0 Å². The van der Waals surface area contributed by atoms with Crippen LogP contribution in [0.1, 0.15) is 42.1 Å². The first kappa shape index (κ1) is 14.7. The van der Waals surface area contributed by atoms with Crippen molar-refractivity contribution in [3.05, 3.63) is 28.7 Å². The largest absolute Gasteiger partial charge is 0.361 e. The van der Waals surface area contributed by atoms with Crippen LogP contribution in [0.3, 0.4) is 0 Å². The SMILES string of the molecule is CCCc1noc(CS(=O)(=O)Cc2c(C)noc2C)n1. The van der Waals surface area contributed by atoms with Crippen LogP contribution in [0.25, 0.3) is 0 Å². The molecule has 0 aromatic carbocycles. The minimum Gasteiger partial charge on any atom is -0.361 e. The third-order valence-corrected chi connectivity index (χ3v) is 4.29. The van der Waals surface area contributed by atoms with Crippen LogP contribution in [0.2, 0.25) is 0 Å². The fourth-order valence-corrected chi connectivity index (χ4v) is 3.29. The van der Waals surface area contributed by atoms with Gasteiger partial charge in [0.05, 0.1) is 11.4 Å². The lowest BCUT2D eigenvalue weighted by atomic mass is 10.2. The Labute approximate surface area is 117 Å². The quantitative estimate of drug-likeness (QED) is 0.801. The molecule has 0 saturated carbocycles. The van der Waals surface area contributed by atoms with Crippen LogP contribution in [-0.2, 0) is 27.8 Å². The van der Waals surface area contributed by atoms with Crippen molar-refractivity contribution < 1.29 is 17.5 Å². The summed E-state index contributed by atoms with van der Waals surface area (Å²) in [6, 6.07) is 0. The van der Waals surface area contributed by atoms with Gasteiger partial charge in [-0.05, 0) is 20.3 Å². The van der Waals surface area contributed by atoms with Gasteiger partial charge in [-0.25, -0.2) is 8.42 Å². The van der Waals surface area contributed by atoms with Crippen molar-refractivity contribution in [1.82, 2.24) is 15.3 Å². The van der Waals surface area contributed by atoms with E-state index >= 15 is 0 Å². The number of aromatic nitrogens is 3. The lowest BCUT2D eigenvalue weighted by Gasteiger charge is -2.00. The Kier molecular flexibility index (Phi) is 4.22. The van der Waals surface area contributed by atoms with Gasteiger partial charge in [0, 0.05) is 12.0 Å². The molecule has 0 bridgehead atoms. The Bertz CT molecular complexity index is 668. The van der Waals surface area contributed by atoms with Crippen molar-refractivity contribution in [2.75, 3.05) is 0 Å². The summed E-state index contributed by atoms with van der Waals surface area (Å²) in [6.45, 7) is 5.40. The van der Waals surface area contributed by atoms with E-state index in [1.165, 1.54) is 0 Å². The van der Waals surface area contributed by atoms with E-state index in [1.807, 2.05) is 6.92 Å². The maximum absolute atomic E-state index is 12.1. The maximum atomic E-state index is 12.1. The number of hydrogen-bond acceptors (Lipinski definition) is 7. The Morgan fingerprint density at radius 1 is 1.10 bits per heavy atom. The molecular formula is C12H17N3O4S. The van der Waals surface area contributed by atoms with Gasteiger partial charge in [0.25, 0.3) is 0 Å². The Morgan fingerprint density at radius 2 is 1.85 bits per heavy atom. The zero-order chi connectivity index (χ0) is 14.8. The first-order valence-electron chi connectivity index (χ1n) is 6.35. The topological polar surface area (TPSA) is 99.1 Å². The molecule has 0 radical (unpaired) electrons. The Morgan fingerprint density at radius 3 is 2.45 bits per heavy atom. The van der Waals surface area contributed by atoms with Crippen molar-refractivity contribution in [2.45, 2.75) is 45.1 Å². The molecule has 0 N–H and O–H groups in total. The van der Waals surface area contributed by atoms with Gasteiger partial charge in [-0.2, -0.15) is 4.98 Å². The van der Waals surface area contributed by atoms with Gasteiger partial charge in [-0.15, -0.1) is 0 Å². The van der Waals surface area contributed by atoms with Crippen molar-refractivity contribution in [2.24, 2.45) is 0 Å². The van der Waals surface area contributed by atoms with Crippen molar-refractivity contribution >= 4 is 9.84 Å². The summed E-state index contributed by atoms with van der Waals surface area (Å²) in [6.07, 6.45) is 1.55. The van der Waals surface area contributed by atoms with E-state index in [-0.39, 0.29) is 17.4 Å². The minimum absolute atomic E-state index is 0.125. The van der Waals surface area contributed by atoms with Crippen molar-refractivity contribution in [3.8, 4) is 0 Å². The standard InChI is InChI=1S/C12H17N3O4S/c1-4-5-11-13-12(19-15-11)7-20(16,17)6-10-8(2)14-18-9(10)3/h4-7H2,1-3H3. The molecule has 7 nitrogen and oxygen atoms in total. The van der Waals surface area contributed by atoms with Gasteiger partial charge >= 0.3 is 0 Å². The minimum atomic E-state index is -3.40. The zero-order valence-corrected chi connectivity index (χ0v) is 12.5. The fourth-order valence-electron chi connectivity index (χ4n) is 1.84. The Balaban J connectivity index is 2.11. The summed E-state index contributed by atoms with van der Waals surface area (Å²) in [5, 5.41) is 7.49. The van der Waals surface area contributed by atoms with Crippen LogP contribution >= 0.6 is 0 Å². The van der Waals surface area contributed by atoms with Crippen LogP contribution in [0.5, 0.6) is 0 Å². The summed E-state index contributed by atoms with van der Waals surface area (Å²) < 4.78 is 34.2. The van der Waals surface area contributed by atoms with Crippen molar-refractivity contribution in [3.63, 3.8) is 0 Å². The van der Waals surface area contributed by atoms with E-state index in [4.69, 9.17) is 9.05 Å². The molecule has 0 unspecified atom stereocenters. The highest BCUT2D eigenvalue weighted by molar-refractivity contribution is 7.89. The average Bonchev–Trinajstić information content (AvgIpc) is 2.91. The van der Waals surface area contributed by atoms with Gasteiger partial charge < -0.3 is 9.05 Å². The summed E-state index contributed by atoms with van der Waals surface area (Å²) in [5.74, 6) is 0.770. The van der Waals surface area contributed by atoms with Gasteiger partial charge in [-0.3, -0.25) is 0 Å². The van der Waals surface area contributed by atoms with Crippen LogP contribution < -0.4 is 0 Å². The molecule has 0 aliphatic rings. The van der Waals surface area contributed by atoms with Gasteiger partial charge in [0.2, 0.25) is 5.89 Å². The first-order valence-corrected chi connectivity index (χ1v) is 8.17. The highest BCUT2D eigenvalue weighted by Gasteiger charge is 2.22. The molecule has 2 aromatic rings. The van der Waals surface area contributed by atoms with E-state index in [1.54, 1.807) is 13.8 Å². The summed E-state index contributed by atoms with van der Waals surface area (Å²) in [5.41, 5.74) is 1.18. The number of rotatable bonds is 6. The molecule has 2 rings (SSSR count). The first-order chi connectivity index (χ1) is 9.41. The summed E-state index contributed by atoms with van der Waals surface area (Å²) >= 11 is 0. The second-order valence-corrected chi connectivity index (χ2v) is 6.75. The molecule has 2 aromatic heterocycles. The summed E-state index contributed by atoms with van der Waals surface area (Å²) in [7, 11) is -3.40. The molecule has 8 heteroatoms. The third-order valence-electron chi connectivity index (χ3n) is 2.87. The molecule has 0 atom stereocenters. The molecular weight excluding hydrogens is 282 g/mol. The molecule has 0 fully saturated rings. The predicted molar refractivity (Wildman–Crippen MR) is 70.6 cm³/mol. The van der Waals surface area contributed by atoms with Gasteiger partial charge in [0.1, 0.15) is 11.5 Å². The summed E-state index contributed by atoms with van der Waals surface area (Å²) in [4.78, 5) is 4.06. The van der Waals surface area contributed by atoms with E-state index in [0.29, 0.717) is 29.3 Å². The van der Waals surface area contributed by atoms with E-state index in [9.17, 15) is 8.42 Å². The molecule has 2 heterocycles. The number of nitrogens with zero attached hydrogens (tertiary/aromatic N) is 3. The average molecular weight is 299 g/mol. The lowest BCUT2D eigenvalue weighted by Crippen LogP contribution is -2.09. The second kappa shape index (κ2) is 5.74. The predicted octanol–water partition coefficient (Wildman–Crippen LogP) is 1.74. The maximum Gasteiger partial charge on any atom is 0.241 e. The third kappa shape index (κ3) is 3.44. The fraction of sp³-hybridized carbons (Fsp3) is 0.583. The molecule has 0 amide bonds. The zero-order valence-electron chi connectivity index (χ0n) is 11.7. The smallest absolute Gasteiger partial charge is 0.241 e. The van der Waals surface area contributed by atoms with E-state index in [2.05, 4.69) is 15.3 Å². The Hall–Kier alpha value is -1.70. The van der Waals surface area contributed by atoms with Crippen molar-refractivity contribution in [1.29, 1.82) is 0 Å². The van der Waals surface area contributed by atoms with Crippen LogP contribution in [0, 0.1) is 13.8 Å². The van der Waals surface area contributed by atoms with Crippen LogP contribution in [0.15, 0.2) is 9.05 Å². The molecule has 20 heavy (non-hydrogen) atoms. The number of aryl methyl sites for hydroxylation is 3. The highest BCUT2D eigenvalue weighted by atomic mass is 32.2. The molecule has 0 spiro atoms. The molecule has 110 valence electrons. The van der Waals surface area contributed by atoms with Gasteiger partial charge in [-0.1, -0.05) is 17.2 Å². The highest BCUT2D eigenvalue weighted by Crippen LogP contribution is 2.18. The molecule has 0 saturated heterocycles. The number of sulfone groups is 1. The lowest BCUT2D eigenvalue weighted by molar-refractivity contribution is 0.382. The number of hydrogen-bond donors (Lipinski definition) is 0. The monoisotopic (exact) mass is 299 g/mol. The van der Waals surface area contributed by atoms with Gasteiger partial charge in [0.15, 0.2) is 15.7 Å². The van der Waals surface area contributed by atoms with E-state index < -0.39 is 9.84 Å². The van der Waals surface area contributed by atoms with E-state index in [0.717, 1.165) is 6.42 Å². The molecule has 0 aliphatic heterocycles. The normalized spacial score (nSPS) is 11.9. The molecule has 0 aliphatic carbocycles.